The third kappa shape index (κ3) is 3.44. The maximum absolute atomic E-state index is 12.2. The van der Waals surface area contributed by atoms with Gasteiger partial charge in [0.25, 0.3) is 11.8 Å². The van der Waals surface area contributed by atoms with Crippen LogP contribution in [-0.2, 0) is 14.8 Å². The number of fused-ring (bicyclic) bond motifs is 1. The summed E-state index contributed by atoms with van der Waals surface area (Å²) in [6, 6.07) is 6.36. The van der Waals surface area contributed by atoms with Gasteiger partial charge in [0.2, 0.25) is 10.0 Å². The number of hydrogen-bond acceptors (Lipinski definition) is 5. The topological polar surface area (TPSA) is 92.8 Å². The first-order valence-corrected chi connectivity index (χ1v) is 9.16. The molecule has 124 valence electrons. The maximum Gasteiger partial charge on any atom is 0.261 e. The third-order valence-electron chi connectivity index (χ3n) is 4.03. The lowest BCUT2D eigenvalue weighted by atomic mass is 10.1. The first kappa shape index (κ1) is 16.1. The summed E-state index contributed by atoms with van der Waals surface area (Å²) in [6.07, 6.45) is 1.26. The molecule has 23 heavy (non-hydrogen) atoms. The molecule has 7 nitrogen and oxygen atoms in total. The highest BCUT2D eigenvalue weighted by Gasteiger charge is 2.35. The number of nitrogens with zero attached hydrogens (tertiary/aromatic N) is 1. The Balaban J connectivity index is 1.62. The molecule has 2 heterocycles. The van der Waals surface area contributed by atoms with Gasteiger partial charge in [-0.25, -0.2) is 13.1 Å². The van der Waals surface area contributed by atoms with Gasteiger partial charge in [-0.1, -0.05) is 12.1 Å². The number of carbonyl (C=O) groups excluding carboxylic acids is 2. The van der Waals surface area contributed by atoms with Crippen molar-refractivity contribution in [1.29, 1.82) is 0 Å². The Morgan fingerprint density at radius 2 is 1.65 bits per heavy atom. The van der Waals surface area contributed by atoms with Gasteiger partial charge in [0.05, 0.1) is 16.9 Å². The van der Waals surface area contributed by atoms with E-state index in [4.69, 9.17) is 4.74 Å². The first-order valence-electron chi connectivity index (χ1n) is 7.51. The van der Waals surface area contributed by atoms with Crippen molar-refractivity contribution in [3.63, 3.8) is 0 Å². The second kappa shape index (κ2) is 6.38. The Hall–Kier alpha value is -1.77. The number of ether oxygens (including phenoxy) is 1. The number of imide groups is 1. The number of hydrogen-bond donors (Lipinski definition) is 1. The fraction of sp³-hybridized carbons (Fsp3) is 0.467. The predicted molar refractivity (Wildman–Crippen MR) is 82.6 cm³/mol. The van der Waals surface area contributed by atoms with Crippen LogP contribution in [0.4, 0.5) is 0 Å². The zero-order valence-corrected chi connectivity index (χ0v) is 13.3. The molecule has 0 aliphatic carbocycles. The zero-order valence-electron chi connectivity index (χ0n) is 12.5. The number of amides is 2. The van der Waals surface area contributed by atoms with E-state index in [-0.39, 0.29) is 18.3 Å². The molecule has 1 aromatic carbocycles. The monoisotopic (exact) mass is 338 g/mol. The van der Waals surface area contributed by atoms with Crippen LogP contribution in [-0.4, -0.2) is 56.7 Å². The molecular formula is C15H18N2O5S. The van der Waals surface area contributed by atoms with Crippen LogP contribution in [0.15, 0.2) is 24.3 Å². The molecule has 3 rings (SSSR count). The van der Waals surface area contributed by atoms with E-state index in [0.29, 0.717) is 37.2 Å². The molecule has 2 amide bonds. The highest BCUT2D eigenvalue weighted by molar-refractivity contribution is 7.89. The molecule has 0 saturated carbocycles. The van der Waals surface area contributed by atoms with Crippen LogP contribution in [0.5, 0.6) is 0 Å². The van der Waals surface area contributed by atoms with E-state index >= 15 is 0 Å². The zero-order chi connectivity index (χ0) is 16.4. The van der Waals surface area contributed by atoms with Crippen LogP contribution in [0.3, 0.4) is 0 Å². The van der Waals surface area contributed by atoms with Crippen molar-refractivity contribution in [2.24, 2.45) is 0 Å². The minimum absolute atomic E-state index is 0.143. The molecule has 0 radical (unpaired) electrons. The van der Waals surface area contributed by atoms with E-state index in [0.717, 1.165) is 4.90 Å². The third-order valence-corrected chi connectivity index (χ3v) is 5.44. The van der Waals surface area contributed by atoms with Crippen LogP contribution in [0.2, 0.25) is 0 Å². The predicted octanol–water partition coefficient (Wildman–Crippen LogP) is 0.381. The van der Waals surface area contributed by atoms with Crippen LogP contribution in [0, 0.1) is 0 Å². The summed E-state index contributed by atoms with van der Waals surface area (Å²) in [5, 5.41) is 0. The minimum atomic E-state index is -3.55. The average Bonchev–Trinajstić information content (AvgIpc) is 2.78. The van der Waals surface area contributed by atoms with Gasteiger partial charge in [0, 0.05) is 25.8 Å². The van der Waals surface area contributed by atoms with Crippen LogP contribution < -0.4 is 4.72 Å². The smallest absolute Gasteiger partial charge is 0.261 e. The Morgan fingerprint density at radius 3 is 2.22 bits per heavy atom. The number of rotatable bonds is 5. The van der Waals surface area contributed by atoms with Crippen molar-refractivity contribution in [2.45, 2.75) is 18.9 Å². The molecule has 2 aliphatic rings. The lowest BCUT2D eigenvalue weighted by molar-refractivity contribution is 0.0664. The summed E-state index contributed by atoms with van der Waals surface area (Å²) in [5.74, 6) is -1.17. The molecule has 0 unspecified atom stereocenters. The van der Waals surface area contributed by atoms with Gasteiger partial charge in [0.1, 0.15) is 0 Å². The largest absolute Gasteiger partial charge is 0.381 e. The SMILES string of the molecule is O=C1c2ccccc2C(=O)N1CCS(=O)(=O)NC1CCOCC1. The van der Waals surface area contributed by atoms with Crippen molar-refractivity contribution >= 4 is 21.8 Å². The second-order valence-electron chi connectivity index (χ2n) is 5.63. The highest BCUT2D eigenvalue weighted by Crippen LogP contribution is 2.22. The van der Waals surface area contributed by atoms with Crippen LogP contribution in [0.25, 0.3) is 0 Å². The molecule has 0 spiro atoms. The summed E-state index contributed by atoms with van der Waals surface area (Å²) in [4.78, 5) is 25.4. The summed E-state index contributed by atoms with van der Waals surface area (Å²) >= 11 is 0. The van der Waals surface area contributed by atoms with Crippen molar-refractivity contribution in [3.8, 4) is 0 Å². The summed E-state index contributed by atoms with van der Waals surface area (Å²) in [6.45, 7) is 0.919. The minimum Gasteiger partial charge on any atom is -0.381 e. The molecule has 1 fully saturated rings. The second-order valence-corrected chi connectivity index (χ2v) is 7.50. The Labute approximate surface area is 134 Å². The normalized spacial score (nSPS) is 19.2. The van der Waals surface area contributed by atoms with Gasteiger partial charge in [-0.2, -0.15) is 0 Å². The molecule has 1 N–H and O–H groups in total. The van der Waals surface area contributed by atoms with Crippen molar-refractivity contribution in [1.82, 2.24) is 9.62 Å². The molecule has 0 bridgehead atoms. The average molecular weight is 338 g/mol. The number of sulfonamides is 1. The van der Waals surface area contributed by atoms with Crippen LogP contribution >= 0.6 is 0 Å². The molecule has 2 aliphatic heterocycles. The van der Waals surface area contributed by atoms with E-state index in [1.54, 1.807) is 24.3 Å². The Bertz CT molecular complexity index is 690. The Kier molecular flexibility index (Phi) is 4.47. The summed E-state index contributed by atoms with van der Waals surface area (Å²) < 4.78 is 32.1. The van der Waals surface area contributed by atoms with Crippen molar-refractivity contribution < 1.29 is 22.7 Å². The van der Waals surface area contributed by atoms with Crippen molar-refractivity contribution in [3.05, 3.63) is 35.4 Å². The van der Waals surface area contributed by atoms with E-state index in [1.807, 2.05) is 0 Å². The molecule has 8 heteroatoms. The van der Waals surface area contributed by atoms with Gasteiger partial charge in [0.15, 0.2) is 0 Å². The summed E-state index contributed by atoms with van der Waals surface area (Å²) in [5.41, 5.74) is 0.652. The highest BCUT2D eigenvalue weighted by atomic mass is 32.2. The van der Waals surface area contributed by atoms with E-state index in [2.05, 4.69) is 4.72 Å². The number of carbonyl (C=O) groups is 2. The lowest BCUT2D eigenvalue weighted by Crippen LogP contribution is -2.43. The fourth-order valence-corrected chi connectivity index (χ4v) is 4.07. The van der Waals surface area contributed by atoms with E-state index in [9.17, 15) is 18.0 Å². The molecular weight excluding hydrogens is 320 g/mol. The van der Waals surface area contributed by atoms with E-state index in [1.165, 1.54) is 0 Å². The maximum atomic E-state index is 12.2. The number of nitrogens with one attached hydrogen (secondary N) is 1. The number of benzene rings is 1. The van der Waals surface area contributed by atoms with Crippen molar-refractivity contribution in [2.75, 3.05) is 25.5 Å². The lowest BCUT2D eigenvalue weighted by Gasteiger charge is -2.23. The van der Waals surface area contributed by atoms with Gasteiger partial charge >= 0.3 is 0 Å². The Morgan fingerprint density at radius 1 is 1.09 bits per heavy atom. The van der Waals surface area contributed by atoms with Gasteiger partial charge < -0.3 is 4.74 Å². The molecule has 1 aromatic rings. The summed E-state index contributed by atoms with van der Waals surface area (Å²) in [7, 11) is -3.55. The fourth-order valence-electron chi connectivity index (χ4n) is 2.78. The van der Waals surface area contributed by atoms with Crippen LogP contribution in [0.1, 0.15) is 33.6 Å². The van der Waals surface area contributed by atoms with Gasteiger partial charge in [-0.05, 0) is 25.0 Å². The quantitative estimate of drug-likeness (QED) is 0.784. The molecule has 1 saturated heterocycles. The molecule has 0 aromatic heterocycles. The van der Waals surface area contributed by atoms with Gasteiger partial charge in [-0.3, -0.25) is 14.5 Å². The van der Waals surface area contributed by atoms with Gasteiger partial charge in [-0.15, -0.1) is 0 Å². The van der Waals surface area contributed by atoms with E-state index < -0.39 is 21.8 Å². The standard InChI is InChI=1S/C15H18N2O5S/c18-14-12-3-1-2-4-13(12)15(19)17(14)7-10-23(20,21)16-11-5-8-22-9-6-11/h1-4,11,16H,5-10H2. The molecule has 0 atom stereocenters. The first-order chi connectivity index (χ1) is 11.0.